The van der Waals surface area contributed by atoms with Crippen LogP contribution in [0.2, 0.25) is 0 Å². The van der Waals surface area contributed by atoms with E-state index in [1.54, 1.807) is 30.3 Å². The predicted octanol–water partition coefficient (Wildman–Crippen LogP) is 3.31. The lowest BCUT2D eigenvalue weighted by atomic mass is 9.70. The van der Waals surface area contributed by atoms with Gasteiger partial charge in [0.2, 0.25) is 0 Å². The number of rotatable bonds is 2. The molecule has 2 saturated carbocycles. The number of ketones is 1. The molecule has 3 rings (SSSR count). The largest absolute Gasteiger partial charge is 0.295 e. The van der Waals surface area contributed by atoms with Crippen molar-refractivity contribution in [3.8, 4) is 0 Å². The van der Waals surface area contributed by atoms with E-state index in [9.17, 15) is 17.8 Å². The summed E-state index contributed by atoms with van der Waals surface area (Å²) in [5, 5.41) is 0. The number of fused-ring (bicyclic) bond motifs is 2. The van der Waals surface area contributed by atoms with Gasteiger partial charge in [-0.05, 0) is 29.7 Å². The van der Waals surface area contributed by atoms with Gasteiger partial charge in [-0.1, -0.05) is 51.1 Å². The van der Waals surface area contributed by atoms with Gasteiger partial charge in [-0.3, -0.25) is 9.35 Å². The maximum atomic E-state index is 12.9. The van der Waals surface area contributed by atoms with Gasteiger partial charge in [-0.15, -0.1) is 0 Å². The molecule has 2 bridgehead atoms. The highest BCUT2D eigenvalue weighted by molar-refractivity contribution is 7.95. The van der Waals surface area contributed by atoms with E-state index in [1.165, 1.54) is 0 Å². The van der Waals surface area contributed by atoms with Crippen molar-refractivity contribution in [3.63, 3.8) is 0 Å². The molecule has 5 heteroatoms. The maximum absolute atomic E-state index is 12.9. The summed E-state index contributed by atoms with van der Waals surface area (Å²) in [5.41, 5.74) is -0.199. The third-order valence-corrected chi connectivity index (χ3v) is 6.83. The van der Waals surface area contributed by atoms with Crippen molar-refractivity contribution in [1.29, 1.82) is 0 Å². The van der Waals surface area contributed by atoms with E-state index in [1.807, 2.05) is 20.8 Å². The summed E-state index contributed by atoms with van der Waals surface area (Å²) in [7, 11) is -4.47. The van der Waals surface area contributed by atoms with Crippen LogP contribution in [0.4, 0.5) is 0 Å². The Balaban J connectivity index is 2.34. The quantitative estimate of drug-likeness (QED) is 0.670. The first-order chi connectivity index (χ1) is 10.1. The van der Waals surface area contributed by atoms with Gasteiger partial charge in [0.1, 0.15) is 4.91 Å². The Morgan fingerprint density at radius 2 is 1.77 bits per heavy atom. The van der Waals surface area contributed by atoms with Gasteiger partial charge in [0, 0.05) is 11.0 Å². The Morgan fingerprint density at radius 3 is 2.23 bits per heavy atom. The number of hydrogen-bond acceptors (Lipinski definition) is 3. The second-order valence-electron chi connectivity index (χ2n) is 7.06. The van der Waals surface area contributed by atoms with Crippen molar-refractivity contribution in [2.75, 3.05) is 0 Å². The third-order valence-electron chi connectivity index (χ3n) is 5.86. The molecule has 0 aliphatic heterocycles. The topological polar surface area (TPSA) is 71.4 Å². The first-order valence-electron chi connectivity index (χ1n) is 7.42. The van der Waals surface area contributed by atoms with Gasteiger partial charge in [0.15, 0.2) is 5.78 Å². The van der Waals surface area contributed by atoms with E-state index < -0.39 is 15.5 Å². The molecule has 0 saturated heterocycles. The Bertz CT molecular complexity index is 774. The standard InChI is InChI=1S/C17H20O4S/c1-16(2)12-9-10-17(16,3)15(18)13(12)14(22(19,20)21)11-7-5-4-6-8-11/h4-8,12H,9-10H2,1-3H3,(H,19,20,21). The second kappa shape index (κ2) is 4.52. The summed E-state index contributed by atoms with van der Waals surface area (Å²) in [6, 6.07) is 8.40. The van der Waals surface area contributed by atoms with Crippen LogP contribution in [0, 0.1) is 16.7 Å². The monoisotopic (exact) mass is 320 g/mol. The number of hydrogen-bond donors (Lipinski definition) is 1. The minimum absolute atomic E-state index is 0.134. The molecule has 1 N–H and O–H groups in total. The van der Waals surface area contributed by atoms with Crippen molar-refractivity contribution < 1.29 is 17.8 Å². The molecule has 2 aliphatic rings. The fourth-order valence-corrected chi connectivity index (χ4v) is 5.11. The lowest BCUT2D eigenvalue weighted by Crippen LogP contribution is -2.32. The van der Waals surface area contributed by atoms with E-state index in [2.05, 4.69) is 0 Å². The molecule has 0 spiro atoms. The Kier molecular flexibility index (Phi) is 3.17. The number of carbonyl (C=O) groups excluding carboxylic acids is 1. The number of carbonyl (C=O) groups is 1. The lowest BCUT2D eigenvalue weighted by molar-refractivity contribution is -0.125. The van der Waals surface area contributed by atoms with Crippen LogP contribution in [0.3, 0.4) is 0 Å². The molecule has 0 aromatic heterocycles. The summed E-state index contributed by atoms with van der Waals surface area (Å²) in [6.07, 6.45) is 1.54. The Hall–Kier alpha value is -1.46. The molecule has 4 nitrogen and oxygen atoms in total. The summed E-state index contributed by atoms with van der Waals surface area (Å²) in [5.74, 6) is -0.271. The molecule has 2 fully saturated rings. The summed E-state index contributed by atoms with van der Waals surface area (Å²) in [6.45, 7) is 5.94. The summed E-state index contributed by atoms with van der Waals surface area (Å²) < 4.78 is 33.8. The van der Waals surface area contributed by atoms with Gasteiger partial charge < -0.3 is 0 Å². The minimum Gasteiger partial charge on any atom is -0.294 e. The highest BCUT2D eigenvalue weighted by Crippen LogP contribution is 2.66. The summed E-state index contributed by atoms with van der Waals surface area (Å²) >= 11 is 0. The van der Waals surface area contributed by atoms with Crippen LogP contribution < -0.4 is 0 Å². The molecular formula is C17H20O4S. The molecule has 2 atom stereocenters. The van der Waals surface area contributed by atoms with E-state index >= 15 is 0 Å². The van der Waals surface area contributed by atoms with Crippen LogP contribution in [0.1, 0.15) is 39.2 Å². The van der Waals surface area contributed by atoms with Crippen LogP contribution in [-0.4, -0.2) is 18.8 Å². The van der Waals surface area contributed by atoms with Gasteiger partial charge >= 0.3 is 0 Å². The van der Waals surface area contributed by atoms with E-state index in [-0.39, 0.29) is 27.6 Å². The minimum atomic E-state index is -4.47. The number of Topliss-reactive ketones (excluding diaryl/α,β-unsaturated/α-hetero) is 1. The van der Waals surface area contributed by atoms with Crippen molar-refractivity contribution in [2.45, 2.75) is 33.6 Å². The zero-order chi connectivity index (χ0) is 16.3. The van der Waals surface area contributed by atoms with E-state index in [0.717, 1.165) is 12.8 Å². The average Bonchev–Trinajstić information content (AvgIpc) is 2.73. The van der Waals surface area contributed by atoms with Gasteiger partial charge in [0.25, 0.3) is 10.1 Å². The highest BCUT2D eigenvalue weighted by atomic mass is 32.2. The van der Waals surface area contributed by atoms with Crippen LogP contribution in [0.5, 0.6) is 0 Å². The van der Waals surface area contributed by atoms with Crippen LogP contribution >= 0.6 is 0 Å². The molecule has 0 amide bonds. The molecule has 22 heavy (non-hydrogen) atoms. The number of benzene rings is 1. The molecule has 1 aromatic rings. The lowest BCUT2D eigenvalue weighted by Gasteiger charge is -2.31. The zero-order valence-corrected chi connectivity index (χ0v) is 13.8. The highest BCUT2D eigenvalue weighted by Gasteiger charge is 2.65. The SMILES string of the molecule is CC12CCC(C(=C(c3ccccc3)S(=O)(=O)O)C1=O)C2(C)C. The Labute approximate surface area is 131 Å². The molecule has 2 aliphatic carbocycles. The molecular weight excluding hydrogens is 300 g/mol. The maximum Gasteiger partial charge on any atom is 0.295 e. The van der Waals surface area contributed by atoms with E-state index in [4.69, 9.17) is 0 Å². The van der Waals surface area contributed by atoms with Crippen molar-refractivity contribution in [1.82, 2.24) is 0 Å². The molecule has 2 unspecified atom stereocenters. The van der Waals surface area contributed by atoms with Crippen LogP contribution in [-0.2, 0) is 14.9 Å². The van der Waals surface area contributed by atoms with Gasteiger partial charge in [0.05, 0.1) is 0 Å². The number of allylic oxidation sites excluding steroid dienone is 1. The fraction of sp³-hybridized carbons (Fsp3) is 0.471. The fourth-order valence-electron chi connectivity index (χ4n) is 4.16. The summed E-state index contributed by atoms with van der Waals surface area (Å²) in [4.78, 5) is 12.7. The van der Waals surface area contributed by atoms with Crippen LogP contribution in [0.25, 0.3) is 4.91 Å². The van der Waals surface area contributed by atoms with Gasteiger partial charge in [-0.2, -0.15) is 8.42 Å². The first-order valence-corrected chi connectivity index (χ1v) is 8.86. The average molecular weight is 320 g/mol. The van der Waals surface area contributed by atoms with Crippen molar-refractivity contribution >= 4 is 20.8 Å². The van der Waals surface area contributed by atoms with Crippen molar-refractivity contribution in [2.24, 2.45) is 16.7 Å². The predicted molar refractivity (Wildman–Crippen MR) is 84.5 cm³/mol. The molecule has 0 radical (unpaired) electrons. The van der Waals surface area contributed by atoms with E-state index in [0.29, 0.717) is 5.56 Å². The first kappa shape index (κ1) is 15.4. The molecule has 0 heterocycles. The smallest absolute Gasteiger partial charge is 0.294 e. The third kappa shape index (κ3) is 1.85. The zero-order valence-electron chi connectivity index (χ0n) is 13.0. The molecule has 1 aromatic carbocycles. The van der Waals surface area contributed by atoms with Crippen molar-refractivity contribution in [3.05, 3.63) is 41.5 Å². The Morgan fingerprint density at radius 1 is 1.18 bits per heavy atom. The molecule has 118 valence electrons. The second-order valence-corrected chi connectivity index (χ2v) is 8.42. The van der Waals surface area contributed by atoms with Gasteiger partial charge in [-0.25, -0.2) is 0 Å². The van der Waals surface area contributed by atoms with Crippen LogP contribution in [0.15, 0.2) is 35.9 Å². The normalized spacial score (nSPS) is 32.4.